The Labute approximate surface area is 179 Å². The molecule has 3 aromatic carbocycles. The molecule has 3 aromatic rings. The average molecular weight is 461 g/mol. The number of halogens is 2. The van der Waals surface area contributed by atoms with Crippen molar-refractivity contribution in [2.75, 3.05) is 7.11 Å². The van der Waals surface area contributed by atoms with E-state index in [9.17, 15) is 0 Å². The van der Waals surface area contributed by atoms with Gasteiger partial charge >= 0.3 is 0 Å². The van der Waals surface area contributed by atoms with Crippen LogP contribution in [0.4, 0.5) is 0 Å². The fraction of sp³-hybridized carbons (Fsp3) is 0.217. The van der Waals surface area contributed by atoms with E-state index in [2.05, 4.69) is 46.4 Å². The summed E-state index contributed by atoms with van der Waals surface area (Å²) in [6, 6.07) is 20.1. The highest BCUT2D eigenvalue weighted by atomic mass is 79.9. The lowest BCUT2D eigenvalue weighted by Gasteiger charge is -2.16. The molecular formula is C23H23BrClNO2. The van der Waals surface area contributed by atoms with Gasteiger partial charge in [0, 0.05) is 18.1 Å². The van der Waals surface area contributed by atoms with Crippen LogP contribution in [0.1, 0.15) is 22.3 Å². The Balaban J connectivity index is 1.67. The van der Waals surface area contributed by atoms with Crippen molar-refractivity contribution >= 4 is 27.5 Å². The fourth-order valence-corrected chi connectivity index (χ4v) is 3.73. The first-order valence-corrected chi connectivity index (χ1v) is 10.2. The molecular weight excluding hydrogens is 438 g/mol. The van der Waals surface area contributed by atoms with E-state index in [1.807, 2.05) is 42.5 Å². The fourth-order valence-electron chi connectivity index (χ4n) is 2.92. The maximum absolute atomic E-state index is 6.21. The van der Waals surface area contributed by atoms with Crippen LogP contribution in [-0.2, 0) is 19.7 Å². The summed E-state index contributed by atoms with van der Waals surface area (Å²) >= 11 is 9.84. The molecule has 0 radical (unpaired) electrons. The van der Waals surface area contributed by atoms with Crippen molar-refractivity contribution < 1.29 is 9.47 Å². The van der Waals surface area contributed by atoms with Gasteiger partial charge in [-0.3, -0.25) is 0 Å². The molecule has 0 aliphatic rings. The maximum atomic E-state index is 6.21. The van der Waals surface area contributed by atoms with Crippen molar-refractivity contribution in [2.24, 2.45) is 0 Å². The van der Waals surface area contributed by atoms with Gasteiger partial charge in [-0.15, -0.1) is 0 Å². The van der Waals surface area contributed by atoms with Crippen molar-refractivity contribution in [3.05, 3.63) is 92.4 Å². The third kappa shape index (κ3) is 5.28. The number of hydrogen-bond acceptors (Lipinski definition) is 3. The van der Waals surface area contributed by atoms with Gasteiger partial charge < -0.3 is 14.8 Å². The first-order valence-electron chi connectivity index (χ1n) is 9.06. The van der Waals surface area contributed by atoms with Gasteiger partial charge in [0.05, 0.1) is 11.6 Å². The standard InChI is InChI=1S/C23H23BrClNO2/c1-16-7-3-4-9-19(16)15-28-23-20(24)11-17(12-22(23)27-2)13-26-14-18-8-5-6-10-21(18)25/h3-12,26H,13-15H2,1-2H3. The second-order valence-corrected chi connectivity index (χ2v) is 7.78. The van der Waals surface area contributed by atoms with Crippen LogP contribution in [0, 0.1) is 6.92 Å². The lowest BCUT2D eigenvalue weighted by molar-refractivity contribution is 0.281. The Morgan fingerprint density at radius 3 is 2.39 bits per heavy atom. The lowest BCUT2D eigenvalue weighted by Crippen LogP contribution is -2.13. The molecule has 0 amide bonds. The van der Waals surface area contributed by atoms with Crippen LogP contribution in [0.15, 0.2) is 65.1 Å². The summed E-state index contributed by atoms with van der Waals surface area (Å²) < 4.78 is 12.5. The molecule has 146 valence electrons. The smallest absolute Gasteiger partial charge is 0.175 e. The zero-order chi connectivity index (χ0) is 19.9. The highest BCUT2D eigenvalue weighted by Gasteiger charge is 2.12. The minimum Gasteiger partial charge on any atom is -0.493 e. The van der Waals surface area contributed by atoms with Gasteiger partial charge in [0.15, 0.2) is 11.5 Å². The molecule has 5 heteroatoms. The molecule has 0 aliphatic heterocycles. The summed E-state index contributed by atoms with van der Waals surface area (Å²) in [6.45, 7) is 3.97. The molecule has 0 unspecified atom stereocenters. The maximum Gasteiger partial charge on any atom is 0.175 e. The molecule has 0 atom stereocenters. The predicted octanol–water partition coefficient (Wildman–Crippen LogP) is 6.29. The number of hydrogen-bond donors (Lipinski definition) is 1. The van der Waals surface area contributed by atoms with Gasteiger partial charge in [-0.25, -0.2) is 0 Å². The highest BCUT2D eigenvalue weighted by Crippen LogP contribution is 2.37. The van der Waals surface area contributed by atoms with Crippen LogP contribution in [0.3, 0.4) is 0 Å². The second kappa shape index (κ2) is 9.97. The predicted molar refractivity (Wildman–Crippen MR) is 118 cm³/mol. The molecule has 0 heterocycles. The van der Waals surface area contributed by atoms with Gasteiger partial charge in [0.25, 0.3) is 0 Å². The van der Waals surface area contributed by atoms with E-state index in [0.29, 0.717) is 31.2 Å². The van der Waals surface area contributed by atoms with E-state index in [4.69, 9.17) is 21.1 Å². The number of ether oxygens (including phenoxy) is 2. The molecule has 28 heavy (non-hydrogen) atoms. The topological polar surface area (TPSA) is 30.5 Å². The van der Waals surface area contributed by atoms with Crippen LogP contribution >= 0.6 is 27.5 Å². The van der Waals surface area contributed by atoms with Gasteiger partial charge in [0.2, 0.25) is 0 Å². The van der Waals surface area contributed by atoms with Crippen LogP contribution in [0.5, 0.6) is 11.5 Å². The van der Waals surface area contributed by atoms with E-state index >= 15 is 0 Å². The summed E-state index contributed by atoms with van der Waals surface area (Å²) in [5, 5.41) is 4.19. The Hall–Kier alpha value is -2.01. The first kappa shape index (κ1) is 20.7. The summed E-state index contributed by atoms with van der Waals surface area (Å²) in [6.07, 6.45) is 0. The largest absolute Gasteiger partial charge is 0.493 e. The molecule has 0 bridgehead atoms. The normalized spacial score (nSPS) is 10.7. The molecule has 3 nitrogen and oxygen atoms in total. The molecule has 0 fully saturated rings. The second-order valence-electron chi connectivity index (χ2n) is 6.52. The quantitative estimate of drug-likeness (QED) is 0.428. The van der Waals surface area contributed by atoms with E-state index in [1.165, 1.54) is 5.56 Å². The van der Waals surface area contributed by atoms with E-state index in [1.54, 1.807) is 7.11 Å². The molecule has 3 rings (SSSR count). The van der Waals surface area contributed by atoms with Gasteiger partial charge in [-0.2, -0.15) is 0 Å². The van der Waals surface area contributed by atoms with E-state index in [0.717, 1.165) is 26.2 Å². The summed E-state index contributed by atoms with van der Waals surface area (Å²) in [7, 11) is 1.66. The van der Waals surface area contributed by atoms with Gasteiger partial charge in [0.1, 0.15) is 6.61 Å². The monoisotopic (exact) mass is 459 g/mol. The molecule has 0 aliphatic carbocycles. The van der Waals surface area contributed by atoms with Crippen LogP contribution in [0.25, 0.3) is 0 Å². The summed E-state index contributed by atoms with van der Waals surface area (Å²) in [4.78, 5) is 0. The Kier molecular flexibility index (Phi) is 7.37. The molecule has 0 saturated carbocycles. The third-order valence-corrected chi connectivity index (χ3v) is 5.48. The lowest BCUT2D eigenvalue weighted by atomic mass is 10.1. The van der Waals surface area contributed by atoms with Crippen LogP contribution < -0.4 is 14.8 Å². The van der Waals surface area contributed by atoms with Crippen molar-refractivity contribution in [1.29, 1.82) is 0 Å². The zero-order valence-corrected chi connectivity index (χ0v) is 18.3. The average Bonchev–Trinajstić information content (AvgIpc) is 2.69. The van der Waals surface area contributed by atoms with E-state index < -0.39 is 0 Å². The van der Waals surface area contributed by atoms with E-state index in [-0.39, 0.29) is 0 Å². The molecule has 0 aromatic heterocycles. The molecule has 1 N–H and O–H groups in total. The minimum atomic E-state index is 0.492. The SMILES string of the molecule is COc1cc(CNCc2ccccc2Cl)cc(Br)c1OCc1ccccc1C. The van der Waals surface area contributed by atoms with Gasteiger partial charge in [-0.05, 0) is 63.3 Å². The molecule has 0 spiro atoms. The van der Waals surface area contributed by atoms with Crippen molar-refractivity contribution in [1.82, 2.24) is 5.32 Å². The Bertz CT molecular complexity index is 946. The van der Waals surface area contributed by atoms with Crippen molar-refractivity contribution in [2.45, 2.75) is 26.6 Å². The van der Waals surface area contributed by atoms with Gasteiger partial charge in [-0.1, -0.05) is 54.1 Å². The Morgan fingerprint density at radius 2 is 1.68 bits per heavy atom. The minimum absolute atomic E-state index is 0.492. The van der Waals surface area contributed by atoms with Crippen LogP contribution in [-0.4, -0.2) is 7.11 Å². The summed E-state index contributed by atoms with van der Waals surface area (Å²) in [5.74, 6) is 1.41. The van der Waals surface area contributed by atoms with Crippen LogP contribution in [0.2, 0.25) is 5.02 Å². The first-order chi connectivity index (χ1) is 13.6. The highest BCUT2D eigenvalue weighted by molar-refractivity contribution is 9.10. The zero-order valence-electron chi connectivity index (χ0n) is 16.0. The number of aryl methyl sites for hydroxylation is 1. The third-order valence-electron chi connectivity index (χ3n) is 4.52. The summed E-state index contributed by atoms with van der Waals surface area (Å²) in [5.41, 5.74) is 4.53. The van der Waals surface area contributed by atoms with Crippen molar-refractivity contribution in [3.63, 3.8) is 0 Å². The molecule has 0 saturated heterocycles. The number of rotatable bonds is 8. The number of benzene rings is 3. The Morgan fingerprint density at radius 1 is 0.964 bits per heavy atom. The van der Waals surface area contributed by atoms with Crippen molar-refractivity contribution in [3.8, 4) is 11.5 Å². The number of methoxy groups -OCH3 is 1. The number of nitrogens with one attached hydrogen (secondary N) is 1.